The summed E-state index contributed by atoms with van der Waals surface area (Å²) in [6, 6.07) is 7.90. The number of ether oxygens (including phenoxy) is 1. The lowest BCUT2D eigenvalue weighted by Gasteiger charge is -2.17. The smallest absolute Gasteiger partial charge is 0.237 e. The summed E-state index contributed by atoms with van der Waals surface area (Å²) in [7, 11) is 1.57. The molecule has 1 unspecified atom stereocenters. The average Bonchev–Trinajstić information content (AvgIpc) is 2.45. The number of aromatic nitrogens is 2. The average molecular weight is 323 g/mol. The molecule has 1 atom stereocenters. The summed E-state index contributed by atoms with van der Waals surface area (Å²) in [4.78, 5) is 8.43. The Morgan fingerprint density at radius 1 is 1.37 bits per heavy atom. The van der Waals surface area contributed by atoms with E-state index in [0.29, 0.717) is 18.0 Å². The second-order valence-corrected chi connectivity index (χ2v) is 4.92. The van der Waals surface area contributed by atoms with Gasteiger partial charge in [-0.05, 0) is 24.1 Å². The van der Waals surface area contributed by atoms with Crippen LogP contribution in [0.1, 0.15) is 17.3 Å². The normalized spacial score (nSPS) is 12.2. The fourth-order valence-electron chi connectivity index (χ4n) is 1.87. The molecule has 0 saturated carbocycles. The summed E-state index contributed by atoms with van der Waals surface area (Å²) in [5.41, 5.74) is 4.61. The molecule has 0 saturated heterocycles. The van der Waals surface area contributed by atoms with Gasteiger partial charge in [0.25, 0.3) is 0 Å². The van der Waals surface area contributed by atoms with Crippen molar-refractivity contribution in [3.8, 4) is 5.88 Å². The maximum absolute atomic E-state index is 5.63. The molecule has 1 heterocycles. The molecule has 0 spiro atoms. The summed E-state index contributed by atoms with van der Waals surface area (Å²) in [5.74, 6) is 6.12. The molecule has 0 amide bonds. The fourth-order valence-corrected chi connectivity index (χ4v) is 2.31. The molecule has 0 bridgehead atoms. The Bertz CT molecular complexity index is 550. The van der Waals surface area contributed by atoms with Crippen molar-refractivity contribution in [2.24, 2.45) is 5.84 Å². The van der Waals surface area contributed by atoms with Gasteiger partial charge in [-0.2, -0.15) is 0 Å². The van der Waals surface area contributed by atoms with Crippen molar-refractivity contribution in [2.75, 3.05) is 7.11 Å². The van der Waals surface area contributed by atoms with Crippen LogP contribution in [0.15, 0.2) is 41.1 Å². The molecule has 0 aliphatic carbocycles. The molecule has 6 heteroatoms. The van der Waals surface area contributed by atoms with Crippen LogP contribution < -0.4 is 16.0 Å². The van der Waals surface area contributed by atoms with Crippen molar-refractivity contribution < 1.29 is 4.74 Å². The maximum Gasteiger partial charge on any atom is 0.237 e. The van der Waals surface area contributed by atoms with E-state index in [1.54, 1.807) is 19.5 Å². The van der Waals surface area contributed by atoms with Crippen molar-refractivity contribution in [3.05, 3.63) is 52.4 Å². The zero-order valence-corrected chi connectivity index (χ0v) is 12.1. The van der Waals surface area contributed by atoms with Crippen LogP contribution in [0.4, 0.5) is 0 Å². The molecule has 1 aromatic carbocycles. The Balaban J connectivity index is 2.25. The first-order chi connectivity index (χ1) is 9.24. The number of hydrogen-bond donors (Lipinski definition) is 2. The van der Waals surface area contributed by atoms with Gasteiger partial charge in [0.15, 0.2) is 0 Å². The van der Waals surface area contributed by atoms with E-state index in [4.69, 9.17) is 10.6 Å². The molecule has 0 radical (unpaired) electrons. The van der Waals surface area contributed by atoms with Gasteiger partial charge in [0.1, 0.15) is 5.69 Å². The number of hydrazine groups is 1. The zero-order chi connectivity index (χ0) is 13.7. The second-order valence-electron chi connectivity index (χ2n) is 4.00. The first-order valence-corrected chi connectivity index (χ1v) is 6.59. The number of methoxy groups -OCH3 is 1. The van der Waals surface area contributed by atoms with Crippen LogP contribution in [0, 0.1) is 0 Å². The van der Waals surface area contributed by atoms with E-state index < -0.39 is 0 Å². The van der Waals surface area contributed by atoms with Crippen LogP contribution in [0.2, 0.25) is 0 Å². The highest BCUT2D eigenvalue weighted by molar-refractivity contribution is 9.10. The molecule has 5 nitrogen and oxygen atoms in total. The van der Waals surface area contributed by atoms with E-state index >= 15 is 0 Å². The van der Waals surface area contributed by atoms with Crippen molar-refractivity contribution in [3.63, 3.8) is 0 Å². The third-order valence-electron chi connectivity index (χ3n) is 2.74. The topological polar surface area (TPSA) is 73.1 Å². The van der Waals surface area contributed by atoms with Gasteiger partial charge in [0.05, 0.1) is 13.2 Å². The Labute approximate surface area is 120 Å². The summed E-state index contributed by atoms with van der Waals surface area (Å²) in [6.07, 6.45) is 3.92. The summed E-state index contributed by atoms with van der Waals surface area (Å²) < 4.78 is 6.25. The van der Waals surface area contributed by atoms with Gasteiger partial charge in [-0.15, -0.1) is 0 Å². The molecule has 2 aromatic rings. The summed E-state index contributed by atoms with van der Waals surface area (Å²) >= 11 is 3.45. The molecule has 0 aliphatic heterocycles. The quantitative estimate of drug-likeness (QED) is 0.650. The molecular formula is C13H15BrN4O. The minimum atomic E-state index is -0.155. The highest BCUT2D eigenvalue weighted by atomic mass is 79.9. The van der Waals surface area contributed by atoms with Gasteiger partial charge in [-0.3, -0.25) is 16.3 Å². The van der Waals surface area contributed by atoms with E-state index in [2.05, 4.69) is 31.3 Å². The van der Waals surface area contributed by atoms with Crippen molar-refractivity contribution in [2.45, 2.75) is 12.5 Å². The fraction of sp³-hybridized carbons (Fsp3) is 0.231. The van der Waals surface area contributed by atoms with Gasteiger partial charge in [0, 0.05) is 16.9 Å². The van der Waals surface area contributed by atoms with Crippen molar-refractivity contribution in [1.29, 1.82) is 0 Å². The molecule has 3 N–H and O–H groups in total. The van der Waals surface area contributed by atoms with Crippen molar-refractivity contribution >= 4 is 15.9 Å². The Hall–Kier alpha value is -1.50. The molecule has 1 aromatic heterocycles. The third kappa shape index (κ3) is 3.50. The van der Waals surface area contributed by atoms with Gasteiger partial charge in [0.2, 0.25) is 5.88 Å². The minimum Gasteiger partial charge on any atom is -0.480 e. The summed E-state index contributed by atoms with van der Waals surface area (Å²) in [5, 5.41) is 0. The predicted octanol–water partition coefficient (Wildman–Crippen LogP) is 1.99. The van der Waals surface area contributed by atoms with E-state index in [0.717, 1.165) is 10.0 Å². The van der Waals surface area contributed by atoms with Crippen LogP contribution in [0.25, 0.3) is 0 Å². The van der Waals surface area contributed by atoms with E-state index in [1.807, 2.05) is 24.3 Å². The first-order valence-electron chi connectivity index (χ1n) is 5.80. The standard InChI is InChI=1S/C13H15BrN4O/c1-19-13-12(16-5-6-17-13)11(18-15)8-9-3-2-4-10(14)7-9/h2-7,11,18H,8,15H2,1H3. The van der Waals surface area contributed by atoms with E-state index in [1.165, 1.54) is 0 Å². The monoisotopic (exact) mass is 322 g/mol. The predicted molar refractivity (Wildman–Crippen MR) is 76.5 cm³/mol. The Morgan fingerprint density at radius 3 is 2.84 bits per heavy atom. The maximum atomic E-state index is 5.63. The van der Waals surface area contributed by atoms with Crippen molar-refractivity contribution in [1.82, 2.24) is 15.4 Å². The third-order valence-corrected chi connectivity index (χ3v) is 3.24. The Morgan fingerprint density at radius 2 is 2.16 bits per heavy atom. The largest absolute Gasteiger partial charge is 0.480 e. The molecule has 19 heavy (non-hydrogen) atoms. The molecule has 0 aliphatic rings. The minimum absolute atomic E-state index is 0.155. The lowest BCUT2D eigenvalue weighted by Crippen LogP contribution is -2.30. The zero-order valence-electron chi connectivity index (χ0n) is 10.5. The number of nitrogens with one attached hydrogen (secondary N) is 1. The number of halogens is 1. The molecule has 0 fully saturated rings. The van der Waals surface area contributed by atoms with Crippen LogP contribution in [0.5, 0.6) is 5.88 Å². The number of hydrogen-bond acceptors (Lipinski definition) is 5. The van der Waals surface area contributed by atoms with Crippen LogP contribution in [0.3, 0.4) is 0 Å². The SMILES string of the molecule is COc1nccnc1C(Cc1cccc(Br)c1)NN. The lowest BCUT2D eigenvalue weighted by atomic mass is 10.0. The lowest BCUT2D eigenvalue weighted by molar-refractivity contribution is 0.377. The van der Waals surface area contributed by atoms with E-state index in [-0.39, 0.29) is 6.04 Å². The molecular weight excluding hydrogens is 308 g/mol. The van der Waals surface area contributed by atoms with Gasteiger partial charge in [-0.25, -0.2) is 4.98 Å². The van der Waals surface area contributed by atoms with Gasteiger partial charge >= 0.3 is 0 Å². The number of nitrogens with zero attached hydrogens (tertiary/aromatic N) is 2. The van der Waals surface area contributed by atoms with Crippen LogP contribution >= 0.6 is 15.9 Å². The Kier molecular flexibility index (Phi) is 4.84. The highest BCUT2D eigenvalue weighted by Crippen LogP contribution is 2.23. The molecule has 100 valence electrons. The number of nitrogens with two attached hydrogens (primary N) is 1. The molecule has 2 rings (SSSR count). The van der Waals surface area contributed by atoms with Gasteiger partial charge < -0.3 is 4.74 Å². The summed E-state index contributed by atoms with van der Waals surface area (Å²) in [6.45, 7) is 0. The van der Waals surface area contributed by atoms with Crippen LogP contribution in [-0.4, -0.2) is 17.1 Å². The van der Waals surface area contributed by atoms with Crippen LogP contribution in [-0.2, 0) is 6.42 Å². The number of rotatable bonds is 5. The first kappa shape index (κ1) is 13.9. The second kappa shape index (κ2) is 6.60. The van der Waals surface area contributed by atoms with Gasteiger partial charge in [-0.1, -0.05) is 28.1 Å². The highest BCUT2D eigenvalue weighted by Gasteiger charge is 2.17. The number of benzene rings is 1. The van der Waals surface area contributed by atoms with E-state index in [9.17, 15) is 0 Å².